The van der Waals surface area contributed by atoms with E-state index in [-0.39, 0.29) is 17.8 Å². The molecule has 0 aliphatic heterocycles. The van der Waals surface area contributed by atoms with Gasteiger partial charge >= 0.3 is 5.69 Å². The number of nitro benzene ring substituents is 2. The summed E-state index contributed by atoms with van der Waals surface area (Å²) in [5.41, 5.74) is 1.71. The summed E-state index contributed by atoms with van der Waals surface area (Å²) in [6.07, 6.45) is 0.286. The number of rotatable bonds is 8. The highest BCUT2D eigenvalue weighted by molar-refractivity contribution is 6.07. The molecule has 0 spiro atoms. The molecule has 0 heterocycles. The van der Waals surface area contributed by atoms with Gasteiger partial charge in [-0.2, -0.15) is 5.10 Å². The Kier molecular flexibility index (Phi) is 6.37. The summed E-state index contributed by atoms with van der Waals surface area (Å²) in [6.45, 7) is 1.81. The lowest BCUT2D eigenvalue weighted by molar-refractivity contribution is -0.393. The zero-order chi connectivity index (χ0) is 22.4. The van der Waals surface area contributed by atoms with Crippen LogP contribution in [-0.2, 0) is 5.60 Å². The zero-order valence-electron chi connectivity index (χ0n) is 16.6. The van der Waals surface area contributed by atoms with Gasteiger partial charge in [0.1, 0.15) is 17.0 Å². The molecule has 1 atom stereocenters. The number of nitrogens with zero attached hydrogens (tertiary/aromatic N) is 3. The second kappa shape index (κ2) is 9.14. The van der Waals surface area contributed by atoms with Crippen molar-refractivity contribution >= 4 is 22.8 Å². The molecule has 158 valence electrons. The number of anilines is 1. The van der Waals surface area contributed by atoms with Crippen molar-refractivity contribution in [2.24, 2.45) is 5.10 Å². The SMILES string of the molecule is CCC(O)(/C(=N/Nc1ccc([N+](=O)[O-])cc1[N+](=O)[O-])c1ccccc1)c1ccccc1. The minimum Gasteiger partial charge on any atom is -0.379 e. The second-order valence-corrected chi connectivity index (χ2v) is 6.73. The Morgan fingerprint density at radius 1 is 0.968 bits per heavy atom. The van der Waals surface area contributed by atoms with E-state index in [2.05, 4.69) is 10.5 Å². The van der Waals surface area contributed by atoms with Gasteiger partial charge in [0.25, 0.3) is 5.69 Å². The van der Waals surface area contributed by atoms with Crippen molar-refractivity contribution in [3.63, 3.8) is 0 Å². The topological polar surface area (TPSA) is 131 Å². The lowest BCUT2D eigenvalue weighted by atomic mass is 9.83. The first kappa shape index (κ1) is 21.6. The van der Waals surface area contributed by atoms with Crippen LogP contribution in [0, 0.1) is 20.2 Å². The summed E-state index contributed by atoms with van der Waals surface area (Å²) in [6, 6.07) is 21.2. The lowest BCUT2D eigenvalue weighted by Crippen LogP contribution is -2.36. The first-order chi connectivity index (χ1) is 14.9. The zero-order valence-corrected chi connectivity index (χ0v) is 16.6. The number of hydrazone groups is 1. The minimum absolute atomic E-state index is 0.0319. The average molecular weight is 420 g/mol. The largest absolute Gasteiger partial charge is 0.379 e. The molecule has 1 unspecified atom stereocenters. The van der Waals surface area contributed by atoms with E-state index in [1.165, 1.54) is 6.07 Å². The number of nitrogens with one attached hydrogen (secondary N) is 1. The maximum absolute atomic E-state index is 11.6. The Labute approximate surface area is 178 Å². The third kappa shape index (κ3) is 4.57. The van der Waals surface area contributed by atoms with Gasteiger partial charge in [0.2, 0.25) is 0 Å². The summed E-state index contributed by atoms with van der Waals surface area (Å²) in [4.78, 5) is 21.0. The Morgan fingerprint density at radius 2 is 1.58 bits per heavy atom. The fraction of sp³-hybridized carbons (Fsp3) is 0.136. The molecule has 0 aliphatic carbocycles. The van der Waals surface area contributed by atoms with E-state index in [1.54, 1.807) is 55.5 Å². The third-order valence-electron chi connectivity index (χ3n) is 4.88. The van der Waals surface area contributed by atoms with Gasteiger partial charge in [-0.3, -0.25) is 25.7 Å². The molecule has 9 nitrogen and oxygen atoms in total. The number of aliphatic hydroxyl groups is 1. The first-order valence-corrected chi connectivity index (χ1v) is 9.47. The van der Waals surface area contributed by atoms with E-state index < -0.39 is 26.8 Å². The fourth-order valence-corrected chi connectivity index (χ4v) is 3.21. The predicted octanol–water partition coefficient (Wildman–Crippen LogP) is 4.62. The average Bonchev–Trinajstić information content (AvgIpc) is 2.80. The molecular formula is C22H20N4O5. The van der Waals surface area contributed by atoms with Crippen molar-refractivity contribution in [2.75, 3.05) is 5.43 Å². The summed E-state index contributed by atoms with van der Waals surface area (Å²) in [5, 5.41) is 38.3. The lowest BCUT2D eigenvalue weighted by Gasteiger charge is -2.29. The normalized spacial score (nSPS) is 13.3. The highest BCUT2D eigenvalue weighted by atomic mass is 16.6. The van der Waals surface area contributed by atoms with Crippen molar-refractivity contribution in [3.8, 4) is 0 Å². The van der Waals surface area contributed by atoms with Crippen LogP contribution in [0.3, 0.4) is 0 Å². The Balaban J connectivity index is 2.12. The van der Waals surface area contributed by atoms with Crippen LogP contribution in [0.1, 0.15) is 24.5 Å². The predicted molar refractivity (Wildman–Crippen MR) is 117 cm³/mol. The van der Waals surface area contributed by atoms with E-state index in [9.17, 15) is 25.3 Å². The fourth-order valence-electron chi connectivity index (χ4n) is 3.21. The number of nitro groups is 2. The van der Waals surface area contributed by atoms with Gasteiger partial charge in [-0.25, -0.2) is 0 Å². The minimum atomic E-state index is -1.48. The molecule has 9 heteroatoms. The molecule has 0 fully saturated rings. The van der Waals surface area contributed by atoms with Gasteiger partial charge in [-0.15, -0.1) is 0 Å². The molecule has 3 rings (SSSR count). The Morgan fingerprint density at radius 3 is 2.13 bits per heavy atom. The molecule has 3 aromatic carbocycles. The van der Waals surface area contributed by atoms with Gasteiger partial charge in [0.05, 0.1) is 15.9 Å². The molecule has 0 saturated heterocycles. The highest BCUT2D eigenvalue weighted by Gasteiger charge is 2.35. The van der Waals surface area contributed by atoms with Crippen molar-refractivity contribution in [2.45, 2.75) is 18.9 Å². The quantitative estimate of drug-likeness (QED) is 0.311. The maximum atomic E-state index is 11.6. The van der Waals surface area contributed by atoms with Crippen molar-refractivity contribution in [3.05, 3.63) is 110 Å². The number of benzene rings is 3. The maximum Gasteiger partial charge on any atom is 0.301 e. The molecule has 0 radical (unpaired) electrons. The third-order valence-corrected chi connectivity index (χ3v) is 4.88. The molecule has 2 N–H and O–H groups in total. The summed E-state index contributed by atoms with van der Waals surface area (Å²) in [7, 11) is 0. The van der Waals surface area contributed by atoms with Crippen molar-refractivity contribution < 1.29 is 15.0 Å². The molecule has 0 saturated carbocycles. The molecular weight excluding hydrogens is 400 g/mol. The summed E-state index contributed by atoms with van der Waals surface area (Å²) < 4.78 is 0. The van der Waals surface area contributed by atoms with Crippen LogP contribution in [0.25, 0.3) is 0 Å². The molecule has 3 aromatic rings. The van der Waals surface area contributed by atoms with Gasteiger partial charge < -0.3 is 5.11 Å². The van der Waals surface area contributed by atoms with Crippen molar-refractivity contribution in [1.29, 1.82) is 0 Å². The van der Waals surface area contributed by atoms with Crippen molar-refractivity contribution in [1.82, 2.24) is 0 Å². The van der Waals surface area contributed by atoms with Crippen LogP contribution >= 0.6 is 0 Å². The van der Waals surface area contributed by atoms with E-state index in [0.29, 0.717) is 11.1 Å². The summed E-state index contributed by atoms with van der Waals surface area (Å²) in [5.74, 6) is 0. The monoisotopic (exact) mass is 420 g/mol. The Hall–Kier alpha value is -4.11. The van der Waals surface area contributed by atoms with Crippen LogP contribution in [0.4, 0.5) is 17.1 Å². The van der Waals surface area contributed by atoms with Gasteiger partial charge in [-0.1, -0.05) is 67.6 Å². The van der Waals surface area contributed by atoms with Crippen LogP contribution in [0.5, 0.6) is 0 Å². The standard InChI is InChI=1S/C22H20N4O5/c1-2-22(27,17-11-7-4-8-12-17)21(16-9-5-3-6-10-16)24-23-19-14-13-18(25(28)29)15-20(19)26(30)31/h3-15,23,27H,2H2,1H3/b24-21+. The van der Waals surface area contributed by atoms with Crippen LogP contribution in [-0.4, -0.2) is 20.7 Å². The van der Waals surface area contributed by atoms with E-state index in [1.807, 2.05) is 12.1 Å². The molecule has 0 bridgehead atoms. The van der Waals surface area contributed by atoms with Crippen LogP contribution < -0.4 is 5.43 Å². The smallest absolute Gasteiger partial charge is 0.301 e. The molecule has 31 heavy (non-hydrogen) atoms. The van der Waals surface area contributed by atoms with Crippen LogP contribution in [0.15, 0.2) is 84.0 Å². The Bertz CT molecular complexity index is 1120. The highest BCUT2D eigenvalue weighted by Crippen LogP contribution is 2.32. The van der Waals surface area contributed by atoms with E-state index >= 15 is 0 Å². The van der Waals surface area contributed by atoms with Gasteiger partial charge in [0.15, 0.2) is 0 Å². The summed E-state index contributed by atoms with van der Waals surface area (Å²) >= 11 is 0. The molecule has 0 aromatic heterocycles. The van der Waals surface area contributed by atoms with E-state index in [0.717, 1.165) is 12.1 Å². The number of hydrogen-bond donors (Lipinski definition) is 2. The first-order valence-electron chi connectivity index (χ1n) is 9.47. The van der Waals surface area contributed by atoms with Gasteiger partial charge in [0, 0.05) is 11.6 Å². The van der Waals surface area contributed by atoms with Gasteiger partial charge in [-0.05, 0) is 18.1 Å². The number of non-ortho nitro benzene ring substituents is 1. The molecule has 0 amide bonds. The van der Waals surface area contributed by atoms with Crippen LogP contribution in [0.2, 0.25) is 0 Å². The molecule has 0 aliphatic rings. The van der Waals surface area contributed by atoms with E-state index in [4.69, 9.17) is 0 Å². The second-order valence-electron chi connectivity index (χ2n) is 6.73. The number of hydrogen-bond acceptors (Lipinski definition) is 7.